The zero-order chi connectivity index (χ0) is 9.84. The molecule has 0 spiro atoms. The molecule has 69 valence electrons. The SMILES string of the molecule is [CH2]Oc1ccc(N(C)C(C)=O)cc1. The van der Waals surface area contributed by atoms with Gasteiger partial charge >= 0.3 is 0 Å². The molecule has 0 saturated carbocycles. The standard InChI is InChI=1S/C10H12NO2/c1-8(12)11(2)9-4-6-10(13-3)7-5-9/h4-7H,3H2,1-2H3. The quantitative estimate of drug-likeness (QED) is 0.691. The molecule has 0 atom stereocenters. The maximum absolute atomic E-state index is 11.0. The maximum atomic E-state index is 11.0. The zero-order valence-electron chi connectivity index (χ0n) is 7.78. The number of anilines is 1. The minimum absolute atomic E-state index is 0.00305. The monoisotopic (exact) mass is 178 g/mol. The molecule has 1 aromatic rings. The Hall–Kier alpha value is -1.51. The number of benzene rings is 1. The molecule has 1 radical (unpaired) electrons. The Morgan fingerprint density at radius 1 is 1.38 bits per heavy atom. The molecule has 1 aromatic carbocycles. The Balaban J connectivity index is 2.85. The lowest BCUT2D eigenvalue weighted by Gasteiger charge is -2.14. The molecule has 0 unspecified atom stereocenters. The molecule has 1 amide bonds. The molecule has 3 heteroatoms. The van der Waals surface area contributed by atoms with Gasteiger partial charge in [0, 0.05) is 19.7 Å². The molecule has 0 aliphatic rings. The molecule has 0 aromatic heterocycles. The van der Waals surface area contributed by atoms with Crippen LogP contribution >= 0.6 is 0 Å². The van der Waals surface area contributed by atoms with E-state index in [0.717, 1.165) is 5.69 Å². The third kappa shape index (κ3) is 2.21. The summed E-state index contributed by atoms with van der Waals surface area (Å²) in [5.74, 6) is 0.684. The van der Waals surface area contributed by atoms with Crippen molar-refractivity contribution in [2.75, 3.05) is 11.9 Å². The van der Waals surface area contributed by atoms with Crippen molar-refractivity contribution < 1.29 is 9.53 Å². The number of nitrogens with zero attached hydrogens (tertiary/aromatic N) is 1. The van der Waals surface area contributed by atoms with E-state index < -0.39 is 0 Å². The second-order valence-electron chi connectivity index (χ2n) is 2.72. The topological polar surface area (TPSA) is 29.5 Å². The van der Waals surface area contributed by atoms with Crippen molar-refractivity contribution in [2.45, 2.75) is 6.92 Å². The van der Waals surface area contributed by atoms with Gasteiger partial charge in [0.05, 0.1) is 0 Å². The summed E-state index contributed by atoms with van der Waals surface area (Å²) in [5.41, 5.74) is 0.841. The number of hydrogen-bond acceptors (Lipinski definition) is 2. The lowest BCUT2D eigenvalue weighted by atomic mass is 10.3. The van der Waals surface area contributed by atoms with Crippen LogP contribution in [-0.2, 0) is 4.79 Å². The van der Waals surface area contributed by atoms with Crippen molar-refractivity contribution in [3.05, 3.63) is 31.4 Å². The molecule has 0 N–H and O–H groups in total. The summed E-state index contributed by atoms with van der Waals surface area (Å²) >= 11 is 0. The van der Waals surface area contributed by atoms with Crippen LogP contribution in [0.2, 0.25) is 0 Å². The van der Waals surface area contributed by atoms with Gasteiger partial charge in [-0.2, -0.15) is 0 Å². The van der Waals surface area contributed by atoms with Gasteiger partial charge in [-0.15, -0.1) is 0 Å². The van der Waals surface area contributed by atoms with Crippen molar-refractivity contribution in [2.24, 2.45) is 0 Å². The predicted octanol–water partition coefficient (Wildman–Crippen LogP) is 1.84. The van der Waals surface area contributed by atoms with E-state index in [4.69, 9.17) is 4.74 Å². The first-order valence-electron chi connectivity index (χ1n) is 3.91. The van der Waals surface area contributed by atoms with Gasteiger partial charge in [0.1, 0.15) is 12.9 Å². The highest BCUT2D eigenvalue weighted by Crippen LogP contribution is 2.17. The van der Waals surface area contributed by atoms with E-state index in [1.165, 1.54) is 6.92 Å². The number of ether oxygens (including phenoxy) is 1. The third-order valence-corrected chi connectivity index (χ3v) is 1.86. The van der Waals surface area contributed by atoms with Gasteiger partial charge in [-0.3, -0.25) is 4.79 Å². The summed E-state index contributed by atoms with van der Waals surface area (Å²) in [4.78, 5) is 12.5. The Labute approximate surface area is 77.9 Å². The van der Waals surface area contributed by atoms with Gasteiger partial charge in [-0.1, -0.05) is 0 Å². The molecule has 0 fully saturated rings. The fraction of sp³-hybridized carbons (Fsp3) is 0.200. The van der Waals surface area contributed by atoms with Crippen LogP contribution in [0.5, 0.6) is 5.75 Å². The maximum Gasteiger partial charge on any atom is 0.223 e. The van der Waals surface area contributed by atoms with Crippen LogP contribution in [0.4, 0.5) is 5.69 Å². The summed E-state index contributed by atoms with van der Waals surface area (Å²) in [5, 5.41) is 0. The van der Waals surface area contributed by atoms with E-state index in [-0.39, 0.29) is 5.91 Å². The highest BCUT2D eigenvalue weighted by Gasteiger charge is 2.04. The summed E-state index contributed by atoms with van der Waals surface area (Å²) in [6, 6.07) is 7.15. The Kier molecular flexibility index (Phi) is 2.90. The van der Waals surface area contributed by atoms with Crippen LogP contribution in [0.25, 0.3) is 0 Å². The van der Waals surface area contributed by atoms with Crippen LogP contribution in [0.1, 0.15) is 6.92 Å². The normalized spacial score (nSPS) is 9.46. The van der Waals surface area contributed by atoms with Crippen molar-refractivity contribution in [1.82, 2.24) is 0 Å². The van der Waals surface area contributed by atoms with Gasteiger partial charge < -0.3 is 9.64 Å². The Bertz CT molecular complexity index is 292. The second-order valence-corrected chi connectivity index (χ2v) is 2.72. The minimum atomic E-state index is 0.00305. The Morgan fingerprint density at radius 3 is 2.31 bits per heavy atom. The first-order chi connectivity index (χ1) is 6.15. The summed E-state index contributed by atoms with van der Waals surface area (Å²) in [7, 11) is 5.01. The lowest BCUT2D eigenvalue weighted by Crippen LogP contribution is -2.22. The summed E-state index contributed by atoms with van der Waals surface area (Å²) in [6.07, 6.45) is 0. The minimum Gasteiger partial charge on any atom is -0.490 e. The van der Waals surface area contributed by atoms with Gasteiger partial charge in [-0.25, -0.2) is 0 Å². The average Bonchev–Trinajstić information content (AvgIpc) is 2.17. The third-order valence-electron chi connectivity index (χ3n) is 1.86. The highest BCUT2D eigenvalue weighted by atomic mass is 16.5. The fourth-order valence-corrected chi connectivity index (χ4v) is 0.948. The number of amides is 1. The first-order valence-corrected chi connectivity index (χ1v) is 3.91. The predicted molar refractivity (Wildman–Crippen MR) is 51.5 cm³/mol. The van der Waals surface area contributed by atoms with E-state index in [0.29, 0.717) is 5.75 Å². The molecule has 1 rings (SSSR count). The van der Waals surface area contributed by atoms with Crippen molar-refractivity contribution in [3.63, 3.8) is 0 Å². The lowest BCUT2D eigenvalue weighted by molar-refractivity contribution is -0.116. The van der Waals surface area contributed by atoms with E-state index in [1.54, 1.807) is 24.1 Å². The second kappa shape index (κ2) is 3.94. The van der Waals surface area contributed by atoms with Gasteiger partial charge in [0.25, 0.3) is 0 Å². The number of rotatable bonds is 2. The number of carbonyl (C=O) groups is 1. The van der Waals surface area contributed by atoms with Crippen LogP contribution in [0, 0.1) is 7.11 Å². The highest BCUT2D eigenvalue weighted by molar-refractivity contribution is 5.90. The number of carbonyl (C=O) groups excluding carboxylic acids is 1. The Morgan fingerprint density at radius 2 is 1.92 bits per heavy atom. The van der Waals surface area contributed by atoms with Gasteiger partial charge in [0.2, 0.25) is 5.91 Å². The first kappa shape index (κ1) is 9.58. The summed E-state index contributed by atoms with van der Waals surface area (Å²) < 4.78 is 4.76. The largest absolute Gasteiger partial charge is 0.490 e. The van der Waals surface area contributed by atoms with Crippen LogP contribution in [-0.4, -0.2) is 13.0 Å². The fourth-order valence-electron chi connectivity index (χ4n) is 0.948. The van der Waals surface area contributed by atoms with Gasteiger partial charge in [0.15, 0.2) is 0 Å². The molecule has 0 aliphatic carbocycles. The van der Waals surface area contributed by atoms with E-state index in [1.807, 2.05) is 12.1 Å². The summed E-state index contributed by atoms with van der Waals surface area (Å²) in [6.45, 7) is 1.52. The molecule has 3 nitrogen and oxygen atoms in total. The molecule has 13 heavy (non-hydrogen) atoms. The molecular weight excluding hydrogens is 166 g/mol. The molecule has 0 bridgehead atoms. The molecule has 0 saturated heterocycles. The molecular formula is C10H12NO2. The molecule has 0 heterocycles. The average molecular weight is 178 g/mol. The number of hydrogen-bond donors (Lipinski definition) is 0. The van der Waals surface area contributed by atoms with Crippen LogP contribution in [0.3, 0.4) is 0 Å². The van der Waals surface area contributed by atoms with E-state index in [2.05, 4.69) is 7.11 Å². The van der Waals surface area contributed by atoms with Crippen molar-refractivity contribution >= 4 is 11.6 Å². The van der Waals surface area contributed by atoms with E-state index >= 15 is 0 Å². The zero-order valence-corrected chi connectivity index (χ0v) is 7.78. The van der Waals surface area contributed by atoms with Crippen LogP contribution < -0.4 is 9.64 Å². The van der Waals surface area contributed by atoms with Crippen molar-refractivity contribution in [1.29, 1.82) is 0 Å². The van der Waals surface area contributed by atoms with Gasteiger partial charge in [-0.05, 0) is 24.3 Å². The molecule has 0 aliphatic heterocycles. The smallest absolute Gasteiger partial charge is 0.223 e. The van der Waals surface area contributed by atoms with E-state index in [9.17, 15) is 4.79 Å². The van der Waals surface area contributed by atoms with Crippen LogP contribution in [0.15, 0.2) is 24.3 Å². The van der Waals surface area contributed by atoms with Crippen molar-refractivity contribution in [3.8, 4) is 5.75 Å².